The molecule has 0 amide bonds. The highest BCUT2D eigenvalue weighted by Gasteiger charge is 2.39. The number of carbonyl (C=O) groups excluding carboxylic acids is 2. The molecule has 3 aromatic rings. The highest BCUT2D eigenvalue weighted by Crippen LogP contribution is 2.52. The predicted octanol–water partition coefficient (Wildman–Crippen LogP) is 4.23. The Bertz CT molecular complexity index is 1360. The number of fused-ring (bicyclic) bond motifs is 5. The van der Waals surface area contributed by atoms with E-state index in [4.69, 9.17) is 23.7 Å². The van der Waals surface area contributed by atoms with E-state index in [9.17, 15) is 9.59 Å². The molecule has 4 heterocycles. The molecule has 1 aromatic heterocycles. The molecule has 2 aromatic carbocycles. The van der Waals surface area contributed by atoms with Gasteiger partial charge >= 0.3 is 5.97 Å². The number of aromatic nitrogens is 1. The van der Waals surface area contributed by atoms with Crippen LogP contribution in [0.25, 0.3) is 6.08 Å². The number of allylic oxidation sites excluding steroid dienone is 1. The van der Waals surface area contributed by atoms with Crippen LogP contribution in [0, 0.1) is 0 Å². The number of nitrogens with zero attached hydrogens (tertiary/aromatic N) is 1. The van der Waals surface area contributed by atoms with E-state index in [-0.39, 0.29) is 30.7 Å². The number of rotatable bonds is 3. The molecule has 3 aliphatic heterocycles. The summed E-state index contributed by atoms with van der Waals surface area (Å²) in [6.45, 7) is 0.167. The van der Waals surface area contributed by atoms with Crippen molar-refractivity contribution in [2.75, 3.05) is 13.9 Å². The van der Waals surface area contributed by atoms with Crippen molar-refractivity contribution in [3.8, 4) is 28.9 Å². The van der Waals surface area contributed by atoms with Crippen LogP contribution < -0.4 is 18.9 Å². The second-order valence-electron chi connectivity index (χ2n) is 7.74. The Morgan fingerprint density at radius 2 is 1.97 bits per heavy atom. The molecule has 1 atom stereocenters. The minimum atomic E-state index is -0.433. The van der Waals surface area contributed by atoms with Gasteiger partial charge in [0.25, 0.3) is 0 Å². The van der Waals surface area contributed by atoms with E-state index in [2.05, 4.69) is 4.98 Å². The maximum atomic E-state index is 13.2. The minimum Gasteiger partial charge on any atom is -0.469 e. The van der Waals surface area contributed by atoms with Crippen LogP contribution in [0.3, 0.4) is 0 Å². The zero-order chi connectivity index (χ0) is 22.5. The zero-order valence-electron chi connectivity index (χ0n) is 17.5. The van der Waals surface area contributed by atoms with Gasteiger partial charge in [-0.15, -0.1) is 0 Å². The van der Waals surface area contributed by atoms with Gasteiger partial charge in [0.2, 0.25) is 18.5 Å². The van der Waals surface area contributed by atoms with Crippen LogP contribution >= 0.6 is 0 Å². The van der Waals surface area contributed by atoms with E-state index in [1.165, 1.54) is 7.11 Å². The van der Waals surface area contributed by atoms with E-state index >= 15 is 0 Å². The third-order valence-electron chi connectivity index (χ3n) is 5.86. The zero-order valence-corrected chi connectivity index (χ0v) is 17.5. The maximum Gasteiger partial charge on any atom is 0.306 e. The fraction of sp³-hybridized carbons (Fsp3) is 0.160. The summed E-state index contributed by atoms with van der Waals surface area (Å²) in [5, 5.41) is 0. The molecule has 8 heteroatoms. The van der Waals surface area contributed by atoms with Crippen molar-refractivity contribution in [3.05, 3.63) is 76.7 Å². The summed E-state index contributed by atoms with van der Waals surface area (Å²) in [5.41, 5.74) is 2.50. The fourth-order valence-electron chi connectivity index (χ4n) is 4.30. The third kappa shape index (κ3) is 3.10. The predicted molar refractivity (Wildman–Crippen MR) is 115 cm³/mol. The number of methoxy groups -OCH3 is 1. The molecule has 0 N–H and O–H groups in total. The molecule has 8 nitrogen and oxygen atoms in total. The maximum absolute atomic E-state index is 13.2. The number of benzene rings is 2. The summed E-state index contributed by atoms with van der Waals surface area (Å²) in [6.07, 6.45) is 3.34. The van der Waals surface area contributed by atoms with Gasteiger partial charge in [-0.05, 0) is 42.0 Å². The standard InChI is InChI=1S/C25H17NO7/c1-29-21(27)11-16-14-3-2-8-26-25(14)33-18-7-5-15-23(28)20(32-24(15)22(16)18)10-13-4-6-17-19(9-13)31-12-30-17/h2-10,16H,11-12H2,1H3/b20-10-. The van der Waals surface area contributed by atoms with Gasteiger partial charge in [-0.25, -0.2) is 4.98 Å². The van der Waals surface area contributed by atoms with Gasteiger partial charge < -0.3 is 23.7 Å². The van der Waals surface area contributed by atoms with Crippen molar-refractivity contribution in [3.63, 3.8) is 0 Å². The van der Waals surface area contributed by atoms with Gasteiger partial charge in [0.15, 0.2) is 17.3 Å². The summed E-state index contributed by atoms with van der Waals surface area (Å²) in [6, 6.07) is 12.4. The van der Waals surface area contributed by atoms with Crippen LogP contribution in [0.15, 0.2) is 54.4 Å². The van der Waals surface area contributed by atoms with Crippen molar-refractivity contribution >= 4 is 17.8 Å². The van der Waals surface area contributed by atoms with Crippen LogP contribution in [0.2, 0.25) is 0 Å². The number of pyridine rings is 1. The highest BCUT2D eigenvalue weighted by molar-refractivity contribution is 6.15. The molecule has 0 saturated carbocycles. The lowest BCUT2D eigenvalue weighted by atomic mass is 9.85. The summed E-state index contributed by atoms with van der Waals surface area (Å²) >= 11 is 0. The molecular weight excluding hydrogens is 426 g/mol. The van der Waals surface area contributed by atoms with Crippen LogP contribution in [0.5, 0.6) is 28.9 Å². The lowest BCUT2D eigenvalue weighted by Gasteiger charge is -2.27. The first-order valence-corrected chi connectivity index (χ1v) is 10.3. The minimum absolute atomic E-state index is 0.0563. The van der Waals surface area contributed by atoms with E-state index in [1.807, 2.05) is 12.1 Å². The average molecular weight is 443 g/mol. The molecule has 0 spiro atoms. The molecule has 0 fully saturated rings. The molecule has 6 rings (SSSR count). The summed E-state index contributed by atoms with van der Waals surface area (Å²) in [4.78, 5) is 29.7. The quantitative estimate of drug-likeness (QED) is 0.439. The number of hydrogen-bond donors (Lipinski definition) is 0. The van der Waals surface area contributed by atoms with Gasteiger partial charge in [0, 0.05) is 23.2 Å². The van der Waals surface area contributed by atoms with Crippen LogP contribution in [-0.2, 0) is 9.53 Å². The Balaban J connectivity index is 1.43. The topological polar surface area (TPSA) is 93.2 Å². The molecule has 1 unspecified atom stereocenters. The number of carbonyl (C=O) groups is 2. The van der Waals surface area contributed by atoms with Crippen molar-refractivity contribution in [1.29, 1.82) is 0 Å². The number of ether oxygens (including phenoxy) is 5. The second kappa shape index (κ2) is 7.37. The Labute approximate surface area is 188 Å². The van der Waals surface area contributed by atoms with E-state index in [0.29, 0.717) is 40.0 Å². The fourth-order valence-corrected chi connectivity index (χ4v) is 4.30. The number of Topliss-reactive ketones (excluding diaryl/α,β-unsaturated/α-hetero) is 1. The first kappa shape index (κ1) is 19.4. The smallest absolute Gasteiger partial charge is 0.306 e. The van der Waals surface area contributed by atoms with Crippen LogP contribution in [0.4, 0.5) is 0 Å². The molecule has 0 saturated heterocycles. The summed E-state index contributed by atoms with van der Waals surface area (Å²) < 4.78 is 27.7. The highest BCUT2D eigenvalue weighted by atomic mass is 16.7. The lowest BCUT2D eigenvalue weighted by Crippen LogP contribution is -2.16. The Hall–Kier alpha value is -4.33. The van der Waals surface area contributed by atoms with Crippen molar-refractivity contribution in [1.82, 2.24) is 4.98 Å². The Morgan fingerprint density at radius 3 is 2.85 bits per heavy atom. The summed E-state index contributed by atoms with van der Waals surface area (Å²) in [7, 11) is 1.34. The van der Waals surface area contributed by atoms with Crippen LogP contribution in [0.1, 0.15) is 39.4 Å². The second-order valence-corrected chi connectivity index (χ2v) is 7.74. The van der Waals surface area contributed by atoms with Gasteiger partial charge in [-0.2, -0.15) is 0 Å². The van der Waals surface area contributed by atoms with E-state index in [1.54, 1.807) is 42.6 Å². The van der Waals surface area contributed by atoms with Crippen molar-refractivity contribution < 1.29 is 33.3 Å². The van der Waals surface area contributed by atoms with Crippen LogP contribution in [-0.4, -0.2) is 30.6 Å². The largest absolute Gasteiger partial charge is 0.469 e. The normalized spacial score (nSPS) is 18.2. The number of hydrogen-bond acceptors (Lipinski definition) is 8. The van der Waals surface area contributed by atoms with Gasteiger partial charge in [-0.3, -0.25) is 9.59 Å². The Morgan fingerprint density at radius 1 is 1.12 bits per heavy atom. The first-order chi connectivity index (χ1) is 16.1. The molecule has 164 valence electrons. The van der Waals surface area contributed by atoms with Crippen molar-refractivity contribution in [2.24, 2.45) is 0 Å². The average Bonchev–Trinajstić information content (AvgIpc) is 3.42. The van der Waals surface area contributed by atoms with Gasteiger partial charge in [-0.1, -0.05) is 12.1 Å². The van der Waals surface area contributed by atoms with E-state index < -0.39 is 5.92 Å². The SMILES string of the molecule is COC(=O)CC1c2cccnc2Oc2ccc3c(c21)O/C(=C\c1ccc2c(c1)OCO2)C3=O. The molecule has 0 aliphatic carbocycles. The lowest BCUT2D eigenvalue weighted by molar-refractivity contribution is -0.140. The van der Waals surface area contributed by atoms with Gasteiger partial charge in [0.05, 0.1) is 19.1 Å². The molecule has 33 heavy (non-hydrogen) atoms. The van der Waals surface area contributed by atoms with Crippen molar-refractivity contribution in [2.45, 2.75) is 12.3 Å². The summed E-state index contributed by atoms with van der Waals surface area (Å²) in [5.74, 6) is 1.66. The van der Waals surface area contributed by atoms with Gasteiger partial charge in [0.1, 0.15) is 11.5 Å². The number of ketones is 1. The number of esters is 1. The molecule has 0 bridgehead atoms. The molecule has 0 radical (unpaired) electrons. The molecular formula is C25H17NO7. The first-order valence-electron chi connectivity index (χ1n) is 10.3. The monoisotopic (exact) mass is 443 g/mol. The third-order valence-corrected chi connectivity index (χ3v) is 5.86. The van der Waals surface area contributed by atoms with E-state index in [0.717, 1.165) is 11.1 Å². The molecule has 3 aliphatic rings. The Kier molecular flexibility index (Phi) is 4.33.